The van der Waals surface area contributed by atoms with Gasteiger partial charge in [-0.3, -0.25) is 14.7 Å². The minimum atomic E-state index is -0.456. The van der Waals surface area contributed by atoms with Gasteiger partial charge in [0.1, 0.15) is 6.54 Å². The topological polar surface area (TPSA) is 101 Å². The van der Waals surface area contributed by atoms with Crippen LogP contribution in [-0.4, -0.2) is 47.2 Å². The zero-order valence-electron chi connectivity index (χ0n) is 11.3. The Balaban J connectivity index is 2.22. The highest BCUT2D eigenvalue weighted by Crippen LogP contribution is 2.19. The van der Waals surface area contributed by atoms with Crippen LogP contribution in [0.25, 0.3) is 10.9 Å². The van der Waals surface area contributed by atoms with E-state index in [4.69, 9.17) is 10.5 Å². The molecular weight excluding hydrogens is 260 g/mol. The third kappa shape index (κ3) is 2.71. The number of carbonyl (C=O) groups excluding carboxylic acids is 2. The molecule has 0 fully saturated rings. The molecule has 1 aromatic heterocycles. The predicted molar refractivity (Wildman–Crippen MR) is 74.1 cm³/mol. The normalized spacial score (nSPS) is 10.5. The van der Waals surface area contributed by atoms with Crippen molar-refractivity contribution in [2.45, 2.75) is 6.92 Å². The Labute approximate surface area is 115 Å². The number of hydrogen-bond acceptors (Lipinski definition) is 5. The molecular formula is C13H16N4O3. The van der Waals surface area contributed by atoms with E-state index in [2.05, 4.69) is 10.2 Å². The van der Waals surface area contributed by atoms with Gasteiger partial charge in [0, 0.05) is 18.1 Å². The zero-order valence-corrected chi connectivity index (χ0v) is 11.3. The largest absolute Gasteiger partial charge is 0.465 e. The number of rotatable bonds is 4. The summed E-state index contributed by atoms with van der Waals surface area (Å²) in [4.78, 5) is 24.9. The molecule has 2 rings (SSSR count). The number of hydrogen-bond donors (Lipinski definition) is 2. The van der Waals surface area contributed by atoms with Gasteiger partial charge in [0.15, 0.2) is 5.69 Å². The van der Waals surface area contributed by atoms with Gasteiger partial charge in [-0.15, -0.1) is 0 Å². The third-order valence-electron chi connectivity index (χ3n) is 2.81. The molecule has 3 N–H and O–H groups in total. The van der Waals surface area contributed by atoms with Gasteiger partial charge in [-0.1, -0.05) is 0 Å². The Bertz CT molecular complexity index is 650. The quantitative estimate of drug-likeness (QED) is 0.634. The molecule has 0 spiro atoms. The van der Waals surface area contributed by atoms with Crippen molar-refractivity contribution in [3.8, 4) is 0 Å². The van der Waals surface area contributed by atoms with Gasteiger partial charge < -0.3 is 15.4 Å². The van der Waals surface area contributed by atoms with Gasteiger partial charge in [-0.25, -0.2) is 0 Å². The number of benzene rings is 1. The van der Waals surface area contributed by atoms with Crippen molar-refractivity contribution >= 4 is 28.5 Å². The van der Waals surface area contributed by atoms with Gasteiger partial charge in [-0.2, -0.15) is 5.10 Å². The van der Waals surface area contributed by atoms with E-state index in [1.807, 2.05) is 0 Å². The highest BCUT2D eigenvalue weighted by molar-refractivity contribution is 6.05. The number of amides is 1. The second kappa shape index (κ2) is 5.60. The number of H-pyrrole nitrogens is 1. The average Bonchev–Trinajstić information content (AvgIpc) is 2.80. The van der Waals surface area contributed by atoms with E-state index in [9.17, 15) is 9.59 Å². The van der Waals surface area contributed by atoms with E-state index < -0.39 is 5.97 Å². The van der Waals surface area contributed by atoms with E-state index in [1.54, 1.807) is 25.1 Å². The lowest BCUT2D eigenvalue weighted by atomic mass is 10.2. The molecule has 7 heteroatoms. The molecule has 0 saturated carbocycles. The number of carbonyl (C=O) groups is 2. The van der Waals surface area contributed by atoms with Crippen LogP contribution in [0.15, 0.2) is 18.2 Å². The predicted octanol–water partition coefficient (Wildman–Crippen LogP) is 0.780. The molecule has 0 unspecified atom stereocenters. The molecule has 0 aliphatic rings. The van der Waals surface area contributed by atoms with Crippen molar-refractivity contribution < 1.29 is 14.3 Å². The number of anilines is 1. The maximum absolute atomic E-state index is 12.3. The third-order valence-corrected chi connectivity index (χ3v) is 2.81. The summed E-state index contributed by atoms with van der Waals surface area (Å²) in [6, 6.07) is 5.14. The minimum absolute atomic E-state index is 0.122. The number of esters is 1. The summed E-state index contributed by atoms with van der Waals surface area (Å²) in [5.74, 6) is -0.822. The number of nitrogens with one attached hydrogen (secondary N) is 1. The fourth-order valence-electron chi connectivity index (χ4n) is 1.85. The maximum Gasteiger partial charge on any atom is 0.325 e. The van der Waals surface area contributed by atoms with E-state index in [1.165, 1.54) is 11.9 Å². The Morgan fingerprint density at radius 3 is 2.90 bits per heavy atom. The number of nitrogens with zero attached hydrogens (tertiary/aromatic N) is 2. The monoisotopic (exact) mass is 276 g/mol. The molecule has 0 radical (unpaired) electrons. The molecule has 1 amide bonds. The Hall–Kier alpha value is -2.57. The zero-order chi connectivity index (χ0) is 14.7. The van der Waals surface area contributed by atoms with Crippen molar-refractivity contribution in [2.24, 2.45) is 0 Å². The van der Waals surface area contributed by atoms with Crippen LogP contribution >= 0.6 is 0 Å². The summed E-state index contributed by atoms with van der Waals surface area (Å²) in [5.41, 5.74) is 7.20. The van der Waals surface area contributed by atoms with E-state index in [-0.39, 0.29) is 24.8 Å². The highest BCUT2D eigenvalue weighted by atomic mass is 16.5. The highest BCUT2D eigenvalue weighted by Gasteiger charge is 2.20. The van der Waals surface area contributed by atoms with Crippen molar-refractivity contribution in [3.05, 3.63) is 23.9 Å². The Morgan fingerprint density at radius 2 is 2.20 bits per heavy atom. The van der Waals surface area contributed by atoms with Gasteiger partial charge >= 0.3 is 5.97 Å². The van der Waals surface area contributed by atoms with Crippen molar-refractivity contribution in [3.63, 3.8) is 0 Å². The van der Waals surface area contributed by atoms with Crippen LogP contribution in [0.2, 0.25) is 0 Å². The first kappa shape index (κ1) is 13.9. The molecule has 0 bridgehead atoms. The molecule has 0 aliphatic carbocycles. The van der Waals surface area contributed by atoms with Crippen LogP contribution in [0.5, 0.6) is 0 Å². The van der Waals surface area contributed by atoms with E-state index >= 15 is 0 Å². The number of aromatic amines is 1. The fraction of sp³-hybridized carbons (Fsp3) is 0.308. The molecule has 0 saturated heterocycles. The number of aromatic nitrogens is 2. The standard InChI is InChI=1S/C13H16N4O3/c1-3-20-11(18)7-17(2)13(19)12-9-6-8(14)4-5-10(9)15-16-12/h4-6H,3,7,14H2,1-2H3,(H,15,16). The number of ether oxygens (including phenoxy) is 1. The van der Waals surface area contributed by atoms with Crippen molar-refractivity contribution in [1.82, 2.24) is 15.1 Å². The van der Waals surface area contributed by atoms with Crippen LogP contribution in [0, 0.1) is 0 Å². The Kier molecular flexibility index (Phi) is 3.88. The first-order valence-corrected chi connectivity index (χ1v) is 6.17. The van der Waals surface area contributed by atoms with E-state index in [0.29, 0.717) is 16.6 Å². The van der Waals surface area contributed by atoms with Gasteiger partial charge in [0.2, 0.25) is 0 Å². The number of fused-ring (bicyclic) bond motifs is 1. The summed E-state index contributed by atoms with van der Waals surface area (Å²) in [6.07, 6.45) is 0. The SMILES string of the molecule is CCOC(=O)CN(C)C(=O)c1n[nH]c2ccc(N)cc12. The number of nitrogens with two attached hydrogens (primary N) is 1. The molecule has 1 heterocycles. The van der Waals surface area contributed by atoms with Crippen LogP contribution < -0.4 is 5.73 Å². The lowest BCUT2D eigenvalue weighted by Gasteiger charge is -2.14. The molecule has 2 aromatic rings. The molecule has 0 atom stereocenters. The first-order chi connectivity index (χ1) is 9.52. The summed E-state index contributed by atoms with van der Waals surface area (Å²) in [7, 11) is 1.52. The lowest BCUT2D eigenvalue weighted by Crippen LogP contribution is -2.33. The van der Waals surface area contributed by atoms with Crippen LogP contribution in [0.1, 0.15) is 17.4 Å². The minimum Gasteiger partial charge on any atom is -0.465 e. The number of likely N-dealkylation sites (N-methyl/N-ethyl adjacent to an activating group) is 1. The second-order valence-electron chi connectivity index (χ2n) is 4.34. The van der Waals surface area contributed by atoms with Crippen molar-refractivity contribution in [2.75, 3.05) is 25.9 Å². The fourth-order valence-corrected chi connectivity index (χ4v) is 1.85. The molecule has 7 nitrogen and oxygen atoms in total. The summed E-state index contributed by atoms with van der Waals surface area (Å²) in [5, 5.41) is 7.38. The first-order valence-electron chi connectivity index (χ1n) is 6.17. The van der Waals surface area contributed by atoms with Crippen LogP contribution in [0.3, 0.4) is 0 Å². The second-order valence-corrected chi connectivity index (χ2v) is 4.34. The summed E-state index contributed by atoms with van der Waals surface area (Å²) < 4.78 is 4.81. The van der Waals surface area contributed by atoms with Crippen molar-refractivity contribution in [1.29, 1.82) is 0 Å². The average molecular weight is 276 g/mol. The molecule has 106 valence electrons. The van der Waals surface area contributed by atoms with Gasteiger partial charge in [0.05, 0.1) is 12.1 Å². The molecule has 20 heavy (non-hydrogen) atoms. The van der Waals surface area contributed by atoms with Gasteiger partial charge in [0.25, 0.3) is 5.91 Å². The lowest BCUT2D eigenvalue weighted by molar-refractivity contribution is -0.143. The van der Waals surface area contributed by atoms with Gasteiger partial charge in [-0.05, 0) is 25.1 Å². The Morgan fingerprint density at radius 1 is 1.45 bits per heavy atom. The van der Waals surface area contributed by atoms with E-state index in [0.717, 1.165) is 0 Å². The molecule has 0 aliphatic heterocycles. The number of nitrogen functional groups attached to an aromatic ring is 1. The van der Waals surface area contributed by atoms with Crippen LogP contribution in [-0.2, 0) is 9.53 Å². The molecule has 1 aromatic carbocycles. The maximum atomic E-state index is 12.3. The summed E-state index contributed by atoms with van der Waals surface area (Å²) >= 11 is 0. The smallest absolute Gasteiger partial charge is 0.325 e. The summed E-state index contributed by atoms with van der Waals surface area (Å²) in [6.45, 7) is 1.87. The van der Waals surface area contributed by atoms with Crippen LogP contribution in [0.4, 0.5) is 5.69 Å².